The largest absolute Gasteiger partial charge is 0.446 e. The van der Waals surface area contributed by atoms with Crippen molar-refractivity contribution in [1.29, 1.82) is 0 Å². The molecule has 0 fully saturated rings. The summed E-state index contributed by atoms with van der Waals surface area (Å²) in [5.74, 6) is -0.520. The quantitative estimate of drug-likeness (QED) is 0.554. The molecule has 3 aromatic rings. The van der Waals surface area contributed by atoms with Gasteiger partial charge in [-0.25, -0.2) is 0 Å². The lowest BCUT2D eigenvalue weighted by Gasteiger charge is -2.11. The topological polar surface area (TPSA) is 118 Å². The Morgan fingerprint density at radius 1 is 1.13 bits per heavy atom. The Bertz CT molecular complexity index is 1140. The predicted octanol–water partition coefficient (Wildman–Crippen LogP) is 2.88. The Balaban J connectivity index is 0.000000401. The summed E-state index contributed by atoms with van der Waals surface area (Å²) in [6, 6.07) is 12.7. The SMILES string of the molecule is NC(=O)c1cccc(-c2cc(-c3cc4c([nH]3)CCNC4=O)ccn2)c1.O=CC(F)(F)F. The number of nitrogens with one attached hydrogen (secondary N) is 2. The number of nitrogens with two attached hydrogens (primary N) is 1. The van der Waals surface area contributed by atoms with Gasteiger partial charge in [0.1, 0.15) is 0 Å². The Morgan fingerprint density at radius 3 is 2.52 bits per heavy atom. The summed E-state index contributed by atoms with van der Waals surface area (Å²) in [6.45, 7) is 0.646. The van der Waals surface area contributed by atoms with Crippen LogP contribution in [-0.2, 0) is 11.2 Å². The summed E-state index contributed by atoms with van der Waals surface area (Å²) >= 11 is 0. The summed E-state index contributed by atoms with van der Waals surface area (Å²) in [5.41, 5.74) is 10.8. The zero-order chi connectivity index (χ0) is 22.6. The molecule has 1 aromatic carbocycles. The second kappa shape index (κ2) is 8.82. The number of carbonyl (C=O) groups is 3. The molecule has 0 radical (unpaired) electrons. The van der Waals surface area contributed by atoms with E-state index < -0.39 is 18.4 Å². The molecule has 31 heavy (non-hydrogen) atoms. The maximum atomic E-state index is 11.9. The zero-order valence-corrected chi connectivity index (χ0v) is 16.0. The molecule has 3 heterocycles. The van der Waals surface area contributed by atoms with E-state index in [1.54, 1.807) is 24.4 Å². The van der Waals surface area contributed by atoms with Crippen molar-refractivity contribution in [2.75, 3.05) is 6.54 Å². The lowest BCUT2D eigenvalue weighted by Crippen LogP contribution is -2.31. The van der Waals surface area contributed by atoms with E-state index in [0.29, 0.717) is 17.7 Å². The van der Waals surface area contributed by atoms with Crippen LogP contribution in [0, 0.1) is 0 Å². The third-order valence-electron chi connectivity index (χ3n) is 4.45. The first kappa shape index (κ1) is 21.8. The molecular weight excluding hydrogens is 413 g/mol. The van der Waals surface area contributed by atoms with Crippen LogP contribution in [0.2, 0.25) is 0 Å². The summed E-state index contributed by atoms with van der Waals surface area (Å²) in [6.07, 6.45) is -3.20. The lowest BCUT2D eigenvalue weighted by molar-refractivity contribution is -0.156. The number of aromatic amines is 1. The van der Waals surface area contributed by atoms with E-state index in [4.69, 9.17) is 10.5 Å². The van der Waals surface area contributed by atoms with Gasteiger partial charge in [-0.2, -0.15) is 13.2 Å². The summed E-state index contributed by atoms with van der Waals surface area (Å²) in [4.78, 5) is 39.7. The lowest BCUT2D eigenvalue weighted by atomic mass is 10.0. The van der Waals surface area contributed by atoms with E-state index in [2.05, 4.69) is 15.3 Å². The first-order valence-corrected chi connectivity index (χ1v) is 9.08. The van der Waals surface area contributed by atoms with Crippen LogP contribution in [-0.4, -0.2) is 40.8 Å². The Hall–Kier alpha value is -3.95. The number of hydrogen-bond acceptors (Lipinski definition) is 4. The van der Waals surface area contributed by atoms with Gasteiger partial charge in [0.05, 0.1) is 11.3 Å². The minimum atomic E-state index is -4.64. The number of pyridine rings is 1. The van der Waals surface area contributed by atoms with Crippen LogP contribution < -0.4 is 11.1 Å². The zero-order valence-electron chi connectivity index (χ0n) is 16.0. The molecule has 160 valence electrons. The molecule has 0 unspecified atom stereocenters. The van der Waals surface area contributed by atoms with Gasteiger partial charge in [0.25, 0.3) is 5.91 Å². The monoisotopic (exact) mass is 430 g/mol. The van der Waals surface area contributed by atoms with Crippen molar-refractivity contribution >= 4 is 18.1 Å². The van der Waals surface area contributed by atoms with Crippen molar-refractivity contribution in [2.45, 2.75) is 12.6 Å². The summed E-state index contributed by atoms with van der Waals surface area (Å²) in [7, 11) is 0. The van der Waals surface area contributed by atoms with Crippen molar-refractivity contribution in [3.05, 3.63) is 65.5 Å². The van der Waals surface area contributed by atoms with Crippen LogP contribution in [0.25, 0.3) is 22.5 Å². The van der Waals surface area contributed by atoms with Gasteiger partial charge in [-0.1, -0.05) is 12.1 Å². The number of halogens is 3. The number of alkyl halides is 3. The molecule has 0 spiro atoms. The fourth-order valence-electron chi connectivity index (χ4n) is 3.04. The first-order chi connectivity index (χ1) is 14.7. The number of fused-ring (bicyclic) bond motifs is 1. The van der Waals surface area contributed by atoms with E-state index in [1.165, 1.54) is 0 Å². The van der Waals surface area contributed by atoms with Gasteiger partial charge in [-0.3, -0.25) is 19.4 Å². The van der Waals surface area contributed by atoms with E-state index in [-0.39, 0.29) is 5.91 Å². The van der Waals surface area contributed by atoms with Crippen molar-refractivity contribution in [3.63, 3.8) is 0 Å². The molecule has 2 amide bonds. The molecule has 10 heteroatoms. The molecule has 0 bridgehead atoms. The first-order valence-electron chi connectivity index (χ1n) is 9.08. The molecule has 1 aliphatic heterocycles. The molecule has 1 aliphatic rings. The van der Waals surface area contributed by atoms with Gasteiger partial charge in [0, 0.05) is 47.2 Å². The number of nitrogens with zero attached hydrogens (tertiary/aromatic N) is 1. The van der Waals surface area contributed by atoms with Crippen LogP contribution >= 0.6 is 0 Å². The molecule has 0 aliphatic carbocycles. The van der Waals surface area contributed by atoms with Gasteiger partial charge in [0.2, 0.25) is 12.2 Å². The molecule has 2 aromatic heterocycles. The number of carbonyl (C=O) groups excluding carboxylic acids is 3. The standard InChI is InChI=1S/C19H16N4O2.C2HF3O/c20-18(24)13-3-1-2-11(8-13)16-9-12(4-6-21-16)17-10-14-15(23-17)5-7-22-19(14)25;3-2(4,5)1-6/h1-4,6,8-10,23H,5,7H2,(H2,20,24)(H,22,25);1H. The normalized spacial score (nSPS) is 12.8. The average molecular weight is 430 g/mol. The average Bonchev–Trinajstić information content (AvgIpc) is 3.20. The summed E-state index contributed by atoms with van der Waals surface area (Å²) in [5, 5.41) is 2.84. The van der Waals surface area contributed by atoms with Gasteiger partial charge < -0.3 is 16.0 Å². The number of benzene rings is 1. The highest BCUT2D eigenvalue weighted by Gasteiger charge is 2.25. The fraction of sp³-hybridized carbons (Fsp3) is 0.143. The van der Waals surface area contributed by atoms with Gasteiger partial charge >= 0.3 is 6.18 Å². The number of H-pyrrole nitrogens is 1. The Labute approximate surface area is 174 Å². The molecule has 0 atom stereocenters. The number of primary amides is 1. The van der Waals surface area contributed by atoms with E-state index in [0.717, 1.165) is 34.6 Å². The Morgan fingerprint density at radius 2 is 1.87 bits per heavy atom. The molecule has 0 saturated carbocycles. The number of aldehydes is 1. The third kappa shape index (κ3) is 5.35. The summed E-state index contributed by atoms with van der Waals surface area (Å²) < 4.78 is 31.2. The van der Waals surface area contributed by atoms with Gasteiger partial charge in [-0.05, 0) is 30.3 Å². The number of hydrogen-bond donors (Lipinski definition) is 3. The second-order valence-electron chi connectivity index (χ2n) is 6.62. The maximum Gasteiger partial charge on any atom is 0.446 e. The highest BCUT2D eigenvalue weighted by Crippen LogP contribution is 2.27. The highest BCUT2D eigenvalue weighted by atomic mass is 19.4. The fourth-order valence-corrected chi connectivity index (χ4v) is 3.04. The van der Waals surface area contributed by atoms with Gasteiger partial charge in [0.15, 0.2) is 0 Å². The van der Waals surface area contributed by atoms with E-state index in [1.807, 2.05) is 24.3 Å². The minimum absolute atomic E-state index is 0.0489. The molecular formula is C21H17F3N4O3. The molecule has 0 saturated heterocycles. The van der Waals surface area contributed by atoms with Crippen LogP contribution in [0.15, 0.2) is 48.7 Å². The molecule has 4 N–H and O–H groups in total. The minimum Gasteiger partial charge on any atom is -0.366 e. The van der Waals surface area contributed by atoms with Crippen LogP contribution in [0.1, 0.15) is 26.4 Å². The van der Waals surface area contributed by atoms with Crippen molar-refractivity contribution in [3.8, 4) is 22.5 Å². The number of amides is 2. The van der Waals surface area contributed by atoms with E-state index in [9.17, 15) is 22.8 Å². The van der Waals surface area contributed by atoms with E-state index >= 15 is 0 Å². The van der Waals surface area contributed by atoms with Crippen LogP contribution in [0.3, 0.4) is 0 Å². The smallest absolute Gasteiger partial charge is 0.366 e. The Kier molecular flexibility index (Phi) is 6.19. The van der Waals surface area contributed by atoms with Crippen LogP contribution in [0.5, 0.6) is 0 Å². The van der Waals surface area contributed by atoms with Crippen molar-refractivity contribution < 1.29 is 27.6 Å². The molecule has 4 rings (SSSR count). The maximum absolute atomic E-state index is 11.9. The van der Waals surface area contributed by atoms with Gasteiger partial charge in [-0.15, -0.1) is 0 Å². The van der Waals surface area contributed by atoms with Crippen molar-refractivity contribution in [2.24, 2.45) is 5.73 Å². The van der Waals surface area contributed by atoms with Crippen molar-refractivity contribution in [1.82, 2.24) is 15.3 Å². The molecule has 7 nitrogen and oxygen atoms in total. The number of aromatic nitrogens is 2. The van der Waals surface area contributed by atoms with Crippen LogP contribution in [0.4, 0.5) is 13.2 Å². The second-order valence-corrected chi connectivity index (χ2v) is 6.62. The predicted molar refractivity (Wildman–Crippen MR) is 106 cm³/mol. The third-order valence-corrected chi connectivity index (χ3v) is 4.45. The number of rotatable bonds is 3. The highest BCUT2D eigenvalue weighted by molar-refractivity contribution is 5.98.